The molecule has 24 heavy (non-hydrogen) atoms. The number of hydrogen-bond donors (Lipinski definition) is 2. The third kappa shape index (κ3) is 3.61. The maximum absolute atomic E-state index is 12.9. The van der Waals surface area contributed by atoms with Gasteiger partial charge in [0.25, 0.3) is 5.91 Å². The molecule has 0 spiro atoms. The van der Waals surface area contributed by atoms with Crippen LogP contribution in [0.1, 0.15) is 42.6 Å². The molecule has 1 aromatic carbocycles. The van der Waals surface area contributed by atoms with Crippen molar-refractivity contribution in [3.05, 3.63) is 29.3 Å². The van der Waals surface area contributed by atoms with E-state index in [2.05, 4.69) is 10.6 Å². The first kappa shape index (κ1) is 17.7. The third-order valence-electron chi connectivity index (χ3n) is 3.82. The van der Waals surface area contributed by atoms with Crippen molar-refractivity contribution >= 4 is 29.8 Å². The lowest BCUT2D eigenvalue weighted by molar-refractivity contribution is -0.139. The number of nitrogens with one attached hydrogen (secondary N) is 2. The normalized spacial score (nSPS) is 17.4. The molecular formula is C17H21N3O4. The Kier molecular flexibility index (Phi) is 5.33. The van der Waals surface area contributed by atoms with Crippen LogP contribution in [-0.2, 0) is 14.4 Å². The molecule has 2 rings (SSSR count). The van der Waals surface area contributed by atoms with Crippen molar-refractivity contribution in [1.82, 2.24) is 10.2 Å². The molecule has 128 valence electrons. The molecule has 7 heteroatoms. The summed E-state index contributed by atoms with van der Waals surface area (Å²) >= 11 is 0. The van der Waals surface area contributed by atoms with Gasteiger partial charge in [-0.3, -0.25) is 29.4 Å². The van der Waals surface area contributed by atoms with Crippen molar-refractivity contribution in [2.24, 2.45) is 0 Å². The quantitative estimate of drug-likeness (QED) is 0.625. The third-order valence-corrected chi connectivity index (χ3v) is 3.82. The van der Waals surface area contributed by atoms with Gasteiger partial charge in [0.1, 0.15) is 6.04 Å². The van der Waals surface area contributed by atoms with Gasteiger partial charge in [0.05, 0.1) is 5.56 Å². The minimum Gasteiger partial charge on any atom is -0.382 e. The summed E-state index contributed by atoms with van der Waals surface area (Å²) in [5.74, 6) is -1.58. The molecule has 1 aromatic rings. The number of benzene rings is 1. The van der Waals surface area contributed by atoms with Crippen LogP contribution in [0.15, 0.2) is 18.2 Å². The Morgan fingerprint density at radius 2 is 2.08 bits per heavy atom. The SMILES string of the molecule is Cc1cccc(NC(C)C)c1C(=O)N(C=O)C1CCC(=O)NC1=O. The second-order valence-corrected chi connectivity index (χ2v) is 6.08. The highest BCUT2D eigenvalue weighted by Gasteiger charge is 2.35. The zero-order valence-corrected chi connectivity index (χ0v) is 14.0. The lowest BCUT2D eigenvalue weighted by atomic mass is 10.0. The van der Waals surface area contributed by atoms with Crippen LogP contribution in [-0.4, -0.2) is 41.1 Å². The second-order valence-electron chi connectivity index (χ2n) is 6.08. The minimum absolute atomic E-state index is 0.0960. The highest BCUT2D eigenvalue weighted by Crippen LogP contribution is 2.24. The Labute approximate surface area is 140 Å². The summed E-state index contributed by atoms with van der Waals surface area (Å²) in [5.41, 5.74) is 1.65. The summed E-state index contributed by atoms with van der Waals surface area (Å²) < 4.78 is 0. The van der Waals surface area contributed by atoms with Gasteiger partial charge < -0.3 is 5.32 Å². The monoisotopic (exact) mass is 331 g/mol. The Hall–Kier alpha value is -2.70. The van der Waals surface area contributed by atoms with Gasteiger partial charge in [0, 0.05) is 18.2 Å². The largest absolute Gasteiger partial charge is 0.382 e. The van der Waals surface area contributed by atoms with E-state index in [-0.39, 0.29) is 18.9 Å². The van der Waals surface area contributed by atoms with Crippen LogP contribution in [0.5, 0.6) is 0 Å². The number of hydrogen-bond acceptors (Lipinski definition) is 5. The zero-order chi connectivity index (χ0) is 17.9. The van der Waals surface area contributed by atoms with Gasteiger partial charge in [-0.05, 0) is 38.8 Å². The lowest BCUT2D eigenvalue weighted by Gasteiger charge is -2.29. The number of aryl methyl sites for hydroxylation is 1. The maximum atomic E-state index is 12.9. The number of carbonyl (C=O) groups is 4. The smallest absolute Gasteiger partial charge is 0.263 e. The van der Waals surface area contributed by atoms with Gasteiger partial charge in [-0.25, -0.2) is 0 Å². The predicted molar refractivity (Wildman–Crippen MR) is 88.3 cm³/mol. The van der Waals surface area contributed by atoms with Crippen LogP contribution in [0.2, 0.25) is 0 Å². The zero-order valence-electron chi connectivity index (χ0n) is 14.0. The average molecular weight is 331 g/mol. The van der Waals surface area contributed by atoms with Crippen LogP contribution in [0.3, 0.4) is 0 Å². The van der Waals surface area contributed by atoms with E-state index in [0.29, 0.717) is 23.2 Å². The first-order chi connectivity index (χ1) is 11.3. The molecule has 1 heterocycles. The summed E-state index contributed by atoms with van der Waals surface area (Å²) in [5, 5.41) is 5.34. The van der Waals surface area contributed by atoms with Gasteiger partial charge in [0.2, 0.25) is 18.2 Å². The number of carbonyl (C=O) groups excluding carboxylic acids is 4. The van der Waals surface area contributed by atoms with Crippen molar-refractivity contribution in [1.29, 1.82) is 0 Å². The second kappa shape index (κ2) is 7.25. The van der Waals surface area contributed by atoms with Gasteiger partial charge >= 0.3 is 0 Å². The van der Waals surface area contributed by atoms with Gasteiger partial charge in [-0.2, -0.15) is 0 Å². The molecule has 7 nitrogen and oxygen atoms in total. The van der Waals surface area contributed by atoms with Crippen LogP contribution in [0.25, 0.3) is 0 Å². The first-order valence-electron chi connectivity index (χ1n) is 7.83. The molecule has 0 radical (unpaired) electrons. The molecule has 1 atom stereocenters. The standard InChI is InChI=1S/C17H21N3O4/c1-10(2)18-12-6-4-5-11(3)15(12)17(24)20(9-21)13-7-8-14(22)19-16(13)23/h4-6,9-10,13,18H,7-8H2,1-3H3,(H,19,22,23). The van der Waals surface area contributed by atoms with Crippen LogP contribution < -0.4 is 10.6 Å². The molecule has 1 aliphatic rings. The van der Waals surface area contributed by atoms with Gasteiger partial charge in [-0.15, -0.1) is 0 Å². The maximum Gasteiger partial charge on any atom is 0.263 e. The van der Waals surface area contributed by atoms with Crippen molar-refractivity contribution in [2.45, 2.75) is 45.7 Å². The van der Waals surface area contributed by atoms with Gasteiger partial charge in [-0.1, -0.05) is 12.1 Å². The highest BCUT2D eigenvalue weighted by atomic mass is 16.2. The van der Waals surface area contributed by atoms with Crippen molar-refractivity contribution in [2.75, 3.05) is 5.32 Å². The summed E-state index contributed by atoms with van der Waals surface area (Å²) in [6, 6.07) is 4.46. The van der Waals surface area contributed by atoms with Gasteiger partial charge in [0.15, 0.2) is 0 Å². The fraction of sp³-hybridized carbons (Fsp3) is 0.412. The molecule has 1 fully saturated rings. The van der Waals surface area contributed by atoms with E-state index in [1.807, 2.05) is 19.9 Å². The topological polar surface area (TPSA) is 95.6 Å². The van der Waals surface area contributed by atoms with E-state index in [1.54, 1.807) is 19.1 Å². The van der Waals surface area contributed by atoms with E-state index < -0.39 is 23.8 Å². The van der Waals surface area contributed by atoms with E-state index in [1.165, 1.54) is 0 Å². The van der Waals surface area contributed by atoms with Crippen LogP contribution in [0, 0.1) is 6.92 Å². The van der Waals surface area contributed by atoms with E-state index in [4.69, 9.17) is 0 Å². The number of imide groups is 2. The highest BCUT2D eigenvalue weighted by molar-refractivity contribution is 6.09. The Balaban J connectivity index is 2.37. The molecule has 4 amide bonds. The molecule has 1 aliphatic heterocycles. The predicted octanol–water partition coefficient (Wildman–Crippen LogP) is 1.22. The molecular weight excluding hydrogens is 310 g/mol. The molecule has 0 saturated carbocycles. The minimum atomic E-state index is -0.973. The molecule has 1 unspecified atom stereocenters. The average Bonchev–Trinajstić information content (AvgIpc) is 2.49. The van der Waals surface area contributed by atoms with E-state index in [9.17, 15) is 19.2 Å². The number of nitrogens with zero attached hydrogens (tertiary/aromatic N) is 1. The number of rotatable bonds is 5. The Bertz CT molecular complexity index is 684. The summed E-state index contributed by atoms with van der Waals surface area (Å²) in [6.45, 7) is 5.65. The lowest BCUT2D eigenvalue weighted by Crippen LogP contribution is -2.54. The fourth-order valence-corrected chi connectivity index (χ4v) is 2.72. The molecule has 0 bridgehead atoms. The Morgan fingerprint density at radius 3 is 2.67 bits per heavy atom. The van der Waals surface area contributed by atoms with Crippen LogP contribution >= 0.6 is 0 Å². The molecule has 2 N–H and O–H groups in total. The molecule has 0 aliphatic carbocycles. The fourth-order valence-electron chi connectivity index (χ4n) is 2.72. The first-order valence-corrected chi connectivity index (χ1v) is 7.83. The van der Waals surface area contributed by atoms with Crippen molar-refractivity contribution in [3.8, 4) is 0 Å². The summed E-state index contributed by atoms with van der Waals surface area (Å²) in [7, 11) is 0. The number of amides is 4. The number of piperidine rings is 1. The Morgan fingerprint density at radius 1 is 1.38 bits per heavy atom. The molecule has 1 saturated heterocycles. The van der Waals surface area contributed by atoms with E-state index in [0.717, 1.165) is 4.90 Å². The summed E-state index contributed by atoms with van der Waals surface area (Å²) in [4.78, 5) is 48.6. The number of anilines is 1. The summed E-state index contributed by atoms with van der Waals surface area (Å²) in [6.07, 6.45) is 0.584. The van der Waals surface area contributed by atoms with Crippen molar-refractivity contribution in [3.63, 3.8) is 0 Å². The van der Waals surface area contributed by atoms with E-state index >= 15 is 0 Å². The molecule has 0 aromatic heterocycles. The van der Waals surface area contributed by atoms with Crippen LogP contribution in [0.4, 0.5) is 5.69 Å². The van der Waals surface area contributed by atoms with Crippen molar-refractivity contribution < 1.29 is 19.2 Å².